The van der Waals surface area contributed by atoms with E-state index in [2.05, 4.69) is 10.6 Å². The molecule has 7 heteroatoms. The Hall–Kier alpha value is -1.63. The Morgan fingerprint density at radius 2 is 2.12 bits per heavy atom. The minimum atomic E-state index is -0.923. The first-order valence-electron chi connectivity index (χ1n) is 5.59. The highest BCUT2D eigenvalue weighted by Crippen LogP contribution is 2.16. The topological polar surface area (TPSA) is 98.7 Å². The van der Waals surface area contributed by atoms with Crippen molar-refractivity contribution in [3.63, 3.8) is 0 Å². The van der Waals surface area contributed by atoms with Crippen molar-refractivity contribution in [2.45, 2.75) is 25.8 Å². The number of carboxylic acids is 1. The Balaban J connectivity index is 2.40. The fraction of sp³-hybridized carbons (Fsp3) is 0.700. The van der Waals surface area contributed by atoms with Gasteiger partial charge in [0.05, 0.1) is 6.54 Å². The van der Waals surface area contributed by atoms with Crippen LogP contribution in [0.2, 0.25) is 0 Å². The summed E-state index contributed by atoms with van der Waals surface area (Å²) in [6.45, 7) is 2.68. The van der Waals surface area contributed by atoms with Crippen LogP contribution in [0.5, 0.6) is 0 Å². The zero-order valence-electron chi connectivity index (χ0n) is 9.73. The van der Waals surface area contributed by atoms with Gasteiger partial charge in [0.15, 0.2) is 0 Å². The van der Waals surface area contributed by atoms with Crippen LogP contribution in [-0.4, -0.2) is 53.6 Å². The average Bonchev–Trinajstić information content (AvgIpc) is 2.65. The van der Waals surface area contributed by atoms with Crippen molar-refractivity contribution in [3.05, 3.63) is 0 Å². The summed E-state index contributed by atoms with van der Waals surface area (Å²) in [5.74, 6) is -1.41. The van der Waals surface area contributed by atoms with Gasteiger partial charge in [-0.1, -0.05) is 0 Å². The fourth-order valence-corrected chi connectivity index (χ4v) is 1.85. The zero-order chi connectivity index (χ0) is 12.8. The third-order valence-corrected chi connectivity index (χ3v) is 2.59. The molecule has 3 N–H and O–H groups in total. The van der Waals surface area contributed by atoms with Gasteiger partial charge in [0.1, 0.15) is 6.04 Å². The van der Waals surface area contributed by atoms with Crippen LogP contribution in [0.15, 0.2) is 0 Å². The molecule has 1 atom stereocenters. The van der Waals surface area contributed by atoms with E-state index in [4.69, 9.17) is 5.11 Å². The van der Waals surface area contributed by atoms with Crippen LogP contribution in [0.4, 0.5) is 4.79 Å². The van der Waals surface area contributed by atoms with Gasteiger partial charge in [-0.2, -0.15) is 0 Å². The number of likely N-dealkylation sites (tertiary alicyclic amines) is 1. The first-order valence-corrected chi connectivity index (χ1v) is 5.59. The van der Waals surface area contributed by atoms with E-state index in [0.29, 0.717) is 19.5 Å². The first kappa shape index (κ1) is 13.4. The van der Waals surface area contributed by atoms with Crippen LogP contribution in [-0.2, 0) is 9.59 Å². The van der Waals surface area contributed by atoms with Crippen molar-refractivity contribution in [3.8, 4) is 0 Å². The lowest BCUT2D eigenvalue weighted by Gasteiger charge is -2.19. The van der Waals surface area contributed by atoms with Crippen molar-refractivity contribution < 1.29 is 19.5 Å². The predicted octanol–water partition coefficient (Wildman–Crippen LogP) is -0.619. The van der Waals surface area contributed by atoms with Crippen LogP contribution in [0, 0.1) is 0 Å². The number of carbonyl (C=O) groups excluding carboxylic acids is 2. The van der Waals surface area contributed by atoms with E-state index in [1.54, 1.807) is 11.8 Å². The number of rotatable bonds is 4. The van der Waals surface area contributed by atoms with Crippen LogP contribution in [0.25, 0.3) is 0 Å². The number of hydrogen-bond donors (Lipinski definition) is 3. The Morgan fingerprint density at radius 3 is 2.71 bits per heavy atom. The highest BCUT2D eigenvalue weighted by Gasteiger charge is 2.31. The lowest BCUT2D eigenvalue weighted by Crippen LogP contribution is -2.47. The number of hydrogen-bond acceptors (Lipinski definition) is 4. The van der Waals surface area contributed by atoms with Gasteiger partial charge in [-0.05, 0) is 26.3 Å². The summed E-state index contributed by atoms with van der Waals surface area (Å²) in [7, 11) is 0. The van der Waals surface area contributed by atoms with Crippen molar-refractivity contribution in [1.82, 2.24) is 15.5 Å². The lowest BCUT2D eigenvalue weighted by atomic mass is 10.2. The molecule has 96 valence electrons. The van der Waals surface area contributed by atoms with E-state index >= 15 is 0 Å². The second kappa shape index (κ2) is 6.19. The summed E-state index contributed by atoms with van der Waals surface area (Å²) in [4.78, 5) is 34.9. The smallest absolute Gasteiger partial charge is 0.321 e. The SMILES string of the molecule is CCNC(=O)NC(=O)CN1CCCC1C(=O)O. The van der Waals surface area contributed by atoms with Crippen LogP contribution >= 0.6 is 0 Å². The minimum absolute atomic E-state index is 0.0614. The largest absolute Gasteiger partial charge is 0.480 e. The maximum absolute atomic E-state index is 11.4. The minimum Gasteiger partial charge on any atom is -0.480 e. The molecule has 0 aromatic heterocycles. The molecule has 0 bridgehead atoms. The van der Waals surface area contributed by atoms with Gasteiger partial charge in [-0.15, -0.1) is 0 Å². The van der Waals surface area contributed by atoms with E-state index in [0.717, 1.165) is 6.42 Å². The summed E-state index contributed by atoms with van der Waals surface area (Å²) < 4.78 is 0. The molecule has 0 aliphatic carbocycles. The molecule has 0 aromatic rings. The summed E-state index contributed by atoms with van der Waals surface area (Å²) >= 11 is 0. The number of carbonyl (C=O) groups is 3. The predicted molar refractivity (Wildman–Crippen MR) is 59.4 cm³/mol. The van der Waals surface area contributed by atoms with Crippen LogP contribution in [0.1, 0.15) is 19.8 Å². The van der Waals surface area contributed by atoms with E-state index < -0.39 is 23.9 Å². The summed E-state index contributed by atoms with van der Waals surface area (Å²) in [6, 6.07) is -1.17. The number of nitrogens with one attached hydrogen (secondary N) is 2. The summed E-state index contributed by atoms with van der Waals surface area (Å²) in [6.07, 6.45) is 1.30. The maximum atomic E-state index is 11.4. The van der Waals surface area contributed by atoms with Crippen LogP contribution in [0.3, 0.4) is 0 Å². The fourth-order valence-electron chi connectivity index (χ4n) is 1.85. The van der Waals surface area contributed by atoms with Gasteiger partial charge in [-0.25, -0.2) is 4.79 Å². The molecule has 1 heterocycles. The normalized spacial score (nSPS) is 19.9. The van der Waals surface area contributed by atoms with Gasteiger partial charge >= 0.3 is 12.0 Å². The van der Waals surface area contributed by atoms with Gasteiger partial charge in [0.2, 0.25) is 5.91 Å². The second-order valence-corrected chi connectivity index (χ2v) is 3.87. The molecule has 1 saturated heterocycles. The summed E-state index contributed by atoms with van der Waals surface area (Å²) in [5.41, 5.74) is 0. The van der Waals surface area contributed by atoms with E-state index in [1.165, 1.54) is 0 Å². The molecule has 7 nitrogen and oxygen atoms in total. The number of imide groups is 1. The third-order valence-electron chi connectivity index (χ3n) is 2.59. The molecule has 1 aliphatic rings. The third kappa shape index (κ3) is 4.03. The summed E-state index contributed by atoms with van der Waals surface area (Å²) in [5, 5.41) is 13.5. The molecule has 0 spiro atoms. The molecule has 17 heavy (non-hydrogen) atoms. The molecule has 1 fully saturated rings. The van der Waals surface area contributed by atoms with E-state index in [-0.39, 0.29) is 6.54 Å². The van der Waals surface area contributed by atoms with Gasteiger partial charge < -0.3 is 10.4 Å². The second-order valence-electron chi connectivity index (χ2n) is 3.87. The van der Waals surface area contributed by atoms with Crippen molar-refractivity contribution >= 4 is 17.9 Å². The maximum Gasteiger partial charge on any atom is 0.321 e. The highest BCUT2D eigenvalue weighted by molar-refractivity contribution is 5.95. The van der Waals surface area contributed by atoms with Crippen molar-refractivity contribution in [2.75, 3.05) is 19.6 Å². The molecule has 0 radical (unpaired) electrons. The van der Waals surface area contributed by atoms with E-state index in [1.807, 2.05) is 0 Å². The van der Waals surface area contributed by atoms with Crippen molar-refractivity contribution in [1.29, 1.82) is 0 Å². The quantitative estimate of drug-likeness (QED) is 0.611. The van der Waals surface area contributed by atoms with Gasteiger partial charge in [-0.3, -0.25) is 19.8 Å². The van der Waals surface area contributed by atoms with Crippen molar-refractivity contribution in [2.24, 2.45) is 0 Å². The Kier molecular flexibility index (Phi) is 4.89. The molecule has 3 amide bonds. The number of urea groups is 1. The highest BCUT2D eigenvalue weighted by atomic mass is 16.4. The molecular formula is C10H17N3O4. The number of carboxylic acid groups (broad SMARTS) is 1. The Bertz CT molecular complexity index is 319. The van der Waals surface area contributed by atoms with E-state index in [9.17, 15) is 14.4 Å². The zero-order valence-corrected chi connectivity index (χ0v) is 9.73. The molecule has 1 unspecified atom stereocenters. The van der Waals surface area contributed by atoms with Gasteiger partial charge in [0.25, 0.3) is 0 Å². The molecule has 1 rings (SSSR count). The average molecular weight is 243 g/mol. The number of nitrogens with zero attached hydrogens (tertiary/aromatic N) is 1. The number of amides is 3. The Labute approximate surface area is 99.2 Å². The number of aliphatic carboxylic acids is 1. The molecular weight excluding hydrogens is 226 g/mol. The van der Waals surface area contributed by atoms with Crippen LogP contribution < -0.4 is 10.6 Å². The Morgan fingerprint density at radius 1 is 1.41 bits per heavy atom. The molecule has 1 aliphatic heterocycles. The first-order chi connectivity index (χ1) is 8.04. The molecule has 0 saturated carbocycles. The molecule has 0 aromatic carbocycles. The monoisotopic (exact) mass is 243 g/mol. The van der Waals surface area contributed by atoms with Gasteiger partial charge in [0, 0.05) is 6.54 Å². The lowest BCUT2D eigenvalue weighted by molar-refractivity contribution is -0.142. The standard InChI is InChI=1S/C10H17N3O4/c1-2-11-10(17)12-8(14)6-13-5-3-4-7(13)9(15)16/h7H,2-6H2,1H3,(H,15,16)(H2,11,12,14,17).